The molecule has 0 radical (unpaired) electrons. The summed E-state index contributed by atoms with van der Waals surface area (Å²) in [5.41, 5.74) is 2.39. The van der Waals surface area contributed by atoms with Crippen molar-refractivity contribution >= 4 is 29.3 Å². The third kappa shape index (κ3) is 3.23. The van der Waals surface area contributed by atoms with E-state index in [1.165, 1.54) is 4.90 Å². The first-order valence-corrected chi connectivity index (χ1v) is 9.21. The Kier molecular flexibility index (Phi) is 5.04. The number of nitrogens with zero attached hydrogens (tertiary/aromatic N) is 3. The Labute approximate surface area is 163 Å². The zero-order valence-corrected chi connectivity index (χ0v) is 15.6. The third-order valence-corrected chi connectivity index (χ3v) is 4.96. The molecule has 0 N–H and O–H groups in total. The van der Waals surface area contributed by atoms with Crippen LogP contribution in [0.25, 0.3) is 6.08 Å². The predicted molar refractivity (Wildman–Crippen MR) is 108 cm³/mol. The van der Waals surface area contributed by atoms with Gasteiger partial charge in [-0.25, -0.2) is 0 Å². The molecule has 6 heteroatoms. The number of hydrazone groups is 1. The quantitative estimate of drug-likeness (QED) is 0.728. The van der Waals surface area contributed by atoms with E-state index in [-0.39, 0.29) is 18.4 Å². The van der Waals surface area contributed by atoms with Crippen molar-refractivity contribution in [3.05, 3.63) is 72.3 Å². The lowest BCUT2D eigenvalue weighted by atomic mass is 9.97. The molecule has 1 fully saturated rings. The van der Waals surface area contributed by atoms with Crippen LogP contribution in [-0.2, 0) is 14.3 Å². The monoisotopic (exact) mass is 375 g/mol. The number of methoxy groups -OCH3 is 1. The SMILES string of the molecule is COCCN1C(=O)[C@H]2C(/C=C/c3ccccc3)=NN(c3ccccc3)[C@H]2C1=O. The number of allylic oxidation sites excluding steroid dienone is 1. The van der Waals surface area contributed by atoms with Crippen molar-refractivity contribution in [3.63, 3.8) is 0 Å². The van der Waals surface area contributed by atoms with E-state index in [0.717, 1.165) is 11.3 Å². The third-order valence-electron chi connectivity index (χ3n) is 4.96. The van der Waals surface area contributed by atoms with Gasteiger partial charge in [0.05, 0.1) is 24.6 Å². The van der Waals surface area contributed by atoms with Crippen LogP contribution < -0.4 is 5.01 Å². The van der Waals surface area contributed by atoms with Gasteiger partial charge in [-0.2, -0.15) is 5.10 Å². The summed E-state index contributed by atoms with van der Waals surface area (Å²) in [4.78, 5) is 27.3. The number of carbonyl (C=O) groups excluding carboxylic acids is 2. The smallest absolute Gasteiger partial charge is 0.255 e. The predicted octanol–water partition coefficient (Wildman–Crippen LogP) is 2.58. The molecule has 2 atom stereocenters. The van der Waals surface area contributed by atoms with Crippen molar-refractivity contribution in [2.45, 2.75) is 6.04 Å². The van der Waals surface area contributed by atoms with Gasteiger partial charge in [0.25, 0.3) is 5.91 Å². The summed E-state index contributed by atoms with van der Waals surface area (Å²) in [5, 5.41) is 6.31. The summed E-state index contributed by atoms with van der Waals surface area (Å²) >= 11 is 0. The Morgan fingerprint density at radius 2 is 1.64 bits per heavy atom. The van der Waals surface area contributed by atoms with Crippen LogP contribution in [0.15, 0.2) is 71.8 Å². The molecule has 6 nitrogen and oxygen atoms in total. The molecule has 0 bridgehead atoms. The van der Waals surface area contributed by atoms with E-state index >= 15 is 0 Å². The summed E-state index contributed by atoms with van der Waals surface area (Å²) < 4.78 is 5.06. The number of imide groups is 1. The molecular weight excluding hydrogens is 354 g/mol. The average Bonchev–Trinajstić information content (AvgIpc) is 3.23. The highest BCUT2D eigenvalue weighted by Gasteiger charge is 2.55. The van der Waals surface area contributed by atoms with Crippen LogP contribution in [0, 0.1) is 5.92 Å². The second-order valence-electron chi connectivity index (χ2n) is 6.69. The fourth-order valence-electron chi connectivity index (χ4n) is 3.58. The summed E-state index contributed by atoms with van der Waals surface area (Å²) in [6.45, 7) is 0.564. The van der Waals surface area contributed by atoms with Crippen molar-refractivity contribution in [2.75, 3.05) is 25.3 Å². The molecule has 0 aliphatic carbocycles. The van der Waals surface area contributed by atoms with Crippen LogP contribution in [0.2, 0.25) is 0 Å². The molecule has 2 amide bonds. The first-order valence-electron chi connectivity index (χ1n) is 9.21. The van der Waals surface area contributed by atoms with Crippen LogP contribution in [0.3, 0.4) is 0 Å². The van der Waals surface area contributed by atoms with E-state index in [9.17, 15) is 9.59 Å². The number of ether oxygens (including phenoxy) is 1. The lowest BCUT2D eigenvalue weighted by molar-refractivity contribution is -0.139. The van der Waals surface area contributed by atoms with Crippen molar-refractivity contribution < 1.29 is 14.3 Å². The van der Waals surface area contributed by atoms with Gasteiger partial charge in [0.2, 0.25) is 5.91 Å². The lowest BCUT2D eigenvalue weighted by Gasteiger charge is -2.21. The van der Waals surface area contributed by atoms with Gasteiger partial charge in [-0.3, -0.25) is 19.5 Å². The van der Waals surface area contributed by atoms with Gasteiger partial charge >= 0.3 is 0 Å². The maximum atomic E-state index is 13.0. The van der Waals surface area contributed by atoms with Gasteiger partial charge in [-0.1, -0.05) is 54.6 Å². The maximum Gasteiger partial charge on any atom is 0.255 e. The van der Waals surface area contributed by atoms with E-state index in [1.54, 1.807) is 12.1 Å². The minimum Gasteiger partial charge on any atom is -0.383 e. The summed E-state index contributed by atoms with van der Waals surface area (Å²) in [6, 6.07) is 18.6. The van der Waals surface area contributed by atoms with Crippen molar-refractivity contribution in [1.29, 1.82) is 0 Å². The van der Waals surface area contributed by atoms with E-state index in [4.69, 9.17) is 4.74 Å². The molecule has 0 unspecified atom stereocenters. The van der Waals surface area contributed by atoms with Gasteiger partial charge in [-0.15, -0.1) is 0 Å². The number of fused-ring (bicyclic) bond motifs is 1. The Morgan fingerprint density at radius 3 is 2.32 bits per heavy atom. The summed E-state index contributed by atoms with van der Waals surface area (Å²) in [5.74, 6) is -1.06. The van der Waals surface area contributed by atoms with Gasteiger partial charge < -0.3 is 4.74 Å². The molecule has 4 rings (SSSR count). The number of amides is 2. The summed E-state index contributed by atoms with van der Waals surface area (Å²) in [6.07, 6.45) is 3.75. The normalized spacial score (nSPS) is 21.5. The Morgan fingerprint density at radius 1 is 0.964 bits per heavy atom. The minimum absolute atomic E-state index is 0.220. The fourth-order valence-corrected chi connectivity index (χ4v) is 3.58. The molecule has 2 aromatic carbocycles. The fraction of sp³-hybridized carbons (Fsp3) is 0.227. The topological polar surface area (TPSA) is 62.2 Å². The molecular formula is C22H21N3O3. The zero-order valence-electron chi connectivity index (χ0n) is 15.6. The number of hydrogen-bond acceptors (Lipinski definition) is 5. The van der Waals surface area contributed by atoms with Gasteiger partial charge in [0.1, 0.15) is 12.0 Å². The molecule has 2 aliphatic rings. The van der Waals surface area contributed by atoms with E-state index in [0.29, 0.717) is 12.3 Å². The Bertz CT molecular complexity index is 925. The number of para-hydroxylation sites is 1. The number of rotatable bonds is 6. The highest BCUT2D eigenvalue weighted by Crippen LogP contribution is 2.35. The van der Waals surface area contributed by atoms with Crippen LogP contribution in [0.4, 0.5) is 5.69 Å². The molecule has 2 aromatic rings. The molecule has 0 saturated carbocycles. The van der Waals surface area contributed by atoms with Gasteiger partial charge in [0.15, 0.2) is 0 Å². The molecule has 2 aliphatic heterocycles. The molecule has 142 valence electrons. The Balaban J connectivity index is 1.70. The molecule has 2 heterocycles. The molecule has 0 spiro atoms. The number of carbonyl (C=O) groups is 2. The molecule has 1 saturated heterocycles. The summed E-state index contributed by atoms with van der Waals surface area (Å²) in [7, 11) is 1.55. The maximum absolute atomic E-state index is 13.0. The number of anilines is 1. The zero-order chi connectivity index (χ0) is 19.5. The van der Waals surface area contributed by atoms with Gasteiger partial charge in [-0.05, 0) is 23.8 Å². The lowest BCUT2D eigenvalue weighted by Crippen LogP contribution is -2.40. The second kappa shape index (κ2) is 7.78. The minimum atomic E-state index is -0.651. The number of benzene rings is 2. The van der Waals surface area contributed by atoms with E-state index in [2.05, 4.69) is 5.10 Å². The standard InChI is InChI=1S/C22H21N3O3/c1-28-15-14-24-21(26)19-18(13-12-16-8-4-2-5-9-16)23-25(20(19)22(24)27)17-10-6-3-7-11-17/h2-13,19-20H,14-15H2,1H3/b13-12+/t19-,20+/m0/s1. The Hall–Kier alpha value is -3.25. The van der Waals surface area contributed by atoms with Crippen LogP contribution in [-0.4, -0.2) is 48.7 Å². The largest absolute Gasteiger partial charge is 0.383 e. The van der Waals surface area contributed by atoms with Crippen molar-refractivity contribution in [3.8, 4) is 0 Å². The average molecular weight is 375 g/mol. The molecule has 28 heavy (non-hydrogen) atoms. The van der Waals surface area contributed by atoms with Crippen LogP contribution in [0.1, 0.15) is 5.56 Å². The van der Waals surface area contributed by atoms with Crippen molar-refractivity contribution in [1.82, 2.24) is 4.90 Å². The van der Waals surface area contributed by atoms with E-state index < -0.39 is 12.0 Å². The first-order chi connectivity index (χ1) is 13.7. The van der Waals surface area contributed by atoms with E-state index in [1.807, 2.05) is 72.8 Å². The van der Waals surface area contributed by atoms with Crippen LogP contribution in [0.5, 0.6) is 0 Å². The highest BCUT2D eigenvalue weighted by atomic mass is 16.5. The van der Waals surface area contributed by atoms with Crippen molar-refractivity contribution in [2.24, 2.45) is 11.0 Å². The van der Waals surface area contributed by atoms with Gasteiger partial charge in [0, 0.05) is 7.11 Å². The highest BCUT2D eigenvalue weighted by molar-refractivity contribution is 6.24. The number of likely N-dealkylation sites (tertiary alicyclic amines) is 1. The molecule has 0 aromatic heterocycles. The first kappa shape index (κ1) is 18.1. The van der Waals surface area contributed by atoms with Crippen LogP contribution >= 0.6 is 0 Å². The number of hydrogen-bond donors (Lipinski definition) is 0. The second-order valence-corrected chi connectivity index (χ2v) is 6.69.